The first-order valence-electron chi connectivity index (χ1n) is 3.79. The van der Waals surface area contributed by atoms with Crippen LogP contribution >= 0.6 is 23.4 Å². The first kappa shape index (κ1) is 10.4. The SMILES string of the molecule is CC(=O)C=C(Cl)Sc1ccccc1. The lowest BCUT2D eigenvalue weighted by molar-refractivity contribution is -0.112. The fourth-order valence-electron chi connectivity index (χ4n) is 0.790. The molecule has 0 aliphatic carbocycles. The van der Waals surface area contributed by atoms with E-state index in [1.807, 2.05) is 30.3 Å². The van der Waals surface area contributed by atoms with Gasteiger partial charge in [0.05, 0.1) is 4.36 Å². The molecule has 1 aromatic carbocycles. The van der Waals surface area contributed by atoms with Crippen LogP contribution in [0.25, 0.3) is 0 Å². The predicted molar refractivity (Wildman–Crippen MR) is 56.9 cm³/mol. The number of allylic oxidation sites excluding steroid dienone is 1. The van der Waals surface area contributed by atoms with E-state index in [1.165, 1.54) is 24.8 Å². The third kappa shape index (κ3) is 4.15. The largest absolute Gasteiger partial charge is 0.295 e. The summed E-state index contributed by atoms with van der Waals surface area (Å²) in [5.41, 5.74) is 0. The number of ketones is 1. The second kappa shape index (κ2) is 5.10. The number of thioether (sulfide) groups is 1. The Hall–Kier alpha value is -0.730. The van der Waals surface area contributed by atoms with E-state index in [0.29, 0.717) is 4.36 Å². The molecule has 0 saturated heterocycles. The maximum Gasteiger partial charge on any atom is 0.154 e. The van der Waals surface area contributed by atoms with Gasteiger partial charge in [-0.2, -0.15) is 0 Å². The van der Waals surface area contributed by atoms with Crippen molar-refractivity contribution in [2.24, 2.45) is 0 Å². The highest BCUT2D eigenvalue weighted by Crippen LogP contribution is 2.28. The van der Waals surface area contributed by atoms with Crippen molar-refractivity contribution in [3.63, 3.8) is 0 Å². The smallest absolute Gasteiger partial charge is 0.154 e. The summed E-state index contributed by atoms with van der Waals surface area (Å²) in [7, 11) is 0. The highest BCUT2D eigenvalue weighted by atomic mass is 35.5. The van der Waals surface area contributed by atoms with Crippen LogP contribution in [-0.4, -0.2) is 5.78 Å². The van der Waals surface area contributed by atoms with Gasteiger partial charge in [-0.15, -0.1) is 0 Å². The molecule has 0 atom stereocenters. The van der Waals surface area contributed by atoms with Gasteiger partial charge in [0.25, 0.3) is 0 Å². The van der Waals surface area contributed by atoms with Crippen molar-refractivity contribution in [2.75, 3.05) is 0 Å². The van der Waals surface area contributed by atoms with Crippen molar-refractivity contribution >= 4 is 29.1 Å². The molecule has 13 heavy (non-hydrogen) atoms. The van der Waals surface area contributed by atoms with Crippen LogP contribution in [0.2, 0.25) is 0 Å². The Labute approximate surface area is 86.8 Å². The summed E-state index contributed by atoms with van der Waals surface area (Å²) < 4.78 is 0.499. The summed E-state index contributed by atoms with van der Waals surface area (Å²) in [5.74, 6) is -0.0339. The van der Waals surface area contributed by atoms with Gasteiger partial charge in [-0.3, -0.25) is 4.79 Å². The van der Waals surface area contributed by atoms with Gasteiger partial charge in [0.2, 0.25) is 0 Å². The Balaban J connectivity index is 2.65. The maximum atomic E-state index is 10.7. The zero-order chi connectivity index (χ0) is 9.68. The van der Waals surface area contributed by atoms with E-state index in [1.54, 1.807) is 0 Å². The van der Waals surface area contributed by atoms with Crippen LogP contribution in [0.15, 0.2) is 45.7 Å². The molecule has 0 bridgehead atoms. The third-order valence-corrected chi connectivity index (χ3v) is 2.44. The first-order chi connectivity index (χ1) is 6.18. The van der Waals surface area contributed by atoms with E-state index in [2.05, 4.69) is 0 Å². The number of hydrogen-bond donors (Lipinski definition) is 0. The number of hydrogen-bond acceptors (Lipinski definition) is 2. The molecule has 0 radical (unpaired) electrons. The van der Waals surface area contributed by atoms with Gasteiger partial charge >= 0.3 is 0 Å². The molecule has 0 heterocycles. The second-order valence-corrected chi connectivity index (χ2v) is 4.22. The molecule has 0 unspecified atom stereocenters. The molecule has 3 heteroatoms. The highest BCUT2D eigenvalue weighted by molar-refractivity contribution is 8.04. The van der Waals surface area contributed by atoms with Crippen molar-refractivity contribution in [3.8, 4) is 0 Å². The van der Waals surface area contributed by atoms with Crippen LogP contribution in [0.4, 0.5) is 0 Å². The lowest BCUT2D eigenvalue weighted by Gasteiger charge is -1.97. The molecule has 0 amide bonds. The Morgan fingerprint density at radius 1 is 1.38 bits per heavy atom. The fourth-order valence-corrected chi connectivity index (χ4v) is 1.95. The van der Waals surface area contributed by atoms with Gasteiger partial charge in [-0.1, -0.05) is 41.6 Å². The predicted octanol–water partition coefficient (Wildman–Crippen LogP) is 3.45. The number of halogens is 1. The van der Waals surface area contributed by atoms with E-state index in [9.17, 15) is 4.79 Å². The van der Waals surface area contributed by atoms with Crippen molar-refractivity contribution in [1.82, 2.24) is 0 Å². The van der Waals surface area contributed by atoms with E-state index < -0.39 is 0 Å². The first-order valence-corrected chi connectivity index (χ1v) is 4.98. The molecule has 68 valence electrons. The summed E-state index contributed by atoms with van der Waals surface area (Å²) in [4.78, 5) is 11.7. The summed E-state index contributed by atoms with van der Waals surface area (Å²) in [5, 5.41) is 0. The molecular formula is C10H9ClOS. The number of rotatable bonds is 3. The zero-order valence-electron chi connectivity index (χ0n) is 7.16. The van der Waals surface area contributed by atoms with E-state index in [0.717, 1.165) is 4.90 Å². The Morgan fingerprint density at radius 2 is 2.00 bits per heavy atom. The summed E-state index contributed by atoms with van der Waals surface area (Å²) >= 11 is 7.19. The zero-order valence-corrected chi connectivity index (χ0v) is 8.73. The van der Waals surface area contributed by atoms with Crippen LogP contribution in [0.3, 0.4) is 0 Å². The van der Waals surface area contributed by atoms with Gasteiger partial charge in [0.1, 0.15) is 0 Å². The quantitative estimate of drug-likeness (QED) is 0.564. The van der Waals surface area contributed by atoms with E-state index in [4.69, 9.17) is 11.6 Å². The Morgan fingerprint density at radius 3 is 2.54 bits per heavy atom. The van der Waals surface area contributed by atoms with Crippen LogP contribution in [0.1, 0.15) is 6.92 Å². The molecule has 0 fully saturated rings. The van der Waals surface area contributed by atoms with Gasteiger partial charge in [-0.05, 0) is 19.1 Å². The van der Waals surface area contributed by atoms with Crippen molar-refractivity contribution < 1.29 is 4.79 Å². The molecular weight excluding hydrogens is 204 g/mol. The fraction of sp³-hybridized carbons (Fsp3) is 0.100. The normalized spacial score (nSPS) is 11.4. The molecule has 0 spiro atoms. The average Bonchev–Trinajstić information content (AvgIpc) is 2.04. The minimum absolute atomic E-state index is 0.0339. The summed E-state index contributed by atoms with van der Waals surface area (Å²) in [6.07, 6.45) is 1.42. The average molecular weight is 213 g/mol. The minimum Gasteiger partial charge on any atom is -0.295 e. The maximum absolute atomic E-state index is 10.7. The second-order valence-electron chi connectivity index (χ2n) is 2.47. The Kier molecular flexibility index (Phi) is 4.06. The summed E-state index contributed by atoms with van der Waals surface area (Å²) in [6, 6.07) is 9.69. The number of carbonyl (C=O) groups excluding carboxylic acids is 1. The van der Waals surface area contributed by atoms with E-state index in [-0.39, 0.29) is 5.78 Å². The topological polar surface area (TPSA) is 17.1 Å². The van der Waals surface area contributed by atoms with Crippen molar-refractivity contribution in [1.29, 1.82) is 0 Å². The molecule has 1 nitrogen and oxygen atoms in total. The van der Waals surface area contributed by atoms with Crippen LogP contribution in [0.5, 0.6) is 0 Å². The lowest BCUT2D eigenvalue weighted by atomic mass is 10.4. The molecule has 0 aliphatic rings. The monoisotopic (exact) mass is 212 g/mol. The van der Waals surface area contributed by atoms with Crippen LogP contribution in [-0.2, 0) is 4.79 Å². The highest BCUT2D eigenvalue weighted by Gasteiger charge is 1.97. The van der Waals surface area contributed by atoms with Gasteiger partial charge < -0.3 is 0 Å². The van der Waals surface area contributed by atoms with Gasteiger partial charge in [-0.25, -0.2) is 0 Å². The Bertz CT molecular complexity index is 319. The lowest BCUT2D eigenvalue weighted by Crippen LogP contribution is -1.80. The molecule has 0 aliphatic heterocycles. The molecule has 1 rings (SSSR count). The molecule has 1 aromatic rings. The van der Waals surface area contributed by atoms with Gasteiger partial charge in [0, 0.05) is 11.0 Å². The van der Waals surface area contributed by atoms with Crippen molar-refractivity contribution in [3.05, 3.63) is 40.8 Å². The summed E-state index contributed by atoms with van der Waals surface area (Å²) in [6.45, 7) is 1.48. The molecule has 0 saturated carbocycles. The standard InChI is InChI=1S/C10H9ClOS/c1-8(12)7-10(11)13-9-5-3-2-4-6-9/h2-7H,1H3. The number of benzene rings is 1. The third-order valence-electron chi connectivity index (χ3n) is 1.28. The van der Waals surface area contributed by atoms with Crippen molar-refractivity contribution in [2.45, 2.75) is 11.8 Å². The number of carbonyl (C=O) groups is 1. The van der Waals surface area contributed by atoms with Crippen LogP contribution < -0.4 is 0 Å². The van der Waals surface area contributed by atoms with Gasteiger partial charge in [0.15, 0.2) is 5.78 Å². The minimum atomic E-state index is -0.0339. The van der Waals surface area contributed by atoms with Crippen LogP contribution in [0, 0.1) is 0 Å². The molecule has 0 aromatic heterocycles. The van der Waals surface area contributed by atoms with E-state index >= 15 is 0 Å². The molecule has 0 N–H and O–H groups in total.